The highest BCUT2D eigenvalue weighted by molar-refractivity contribution is 7.98. The van der Waals surface area contributed by atoms with E-state index in [-0.39, 0.29) is 103 Å². The van der Waals surface area contributed by atoms with Crippen molar-refractivity contribution in [1.29, 1.82) is 0 Å². The molecule has 0 radical (unpaired) electrons. The number of hydrogen-bond acceptors (Lipinski definition) is 15. The second kappa shape index (κ2) is 46.4. The summed E-state index contributed by atoms with van der Waals surface area (Å²) in [4.78, 5) is 11.9. The molecule has 14 nitrogen and oxygen atoms in total. The predicted molar refractivity (Wildman–Crippen MR) is 404 cm³/mol. The van der Waals surface area contributed by atoms with Gasteiger partial charge in [-0.2, -0.15) is 0 Å². The molecule has 0 aromatic heterocycles. The van der Waals surface area contributed by atoms with Crippen molar-refractivity contribution in [3.8, 4) is 11.5 Å². The SMILES string of the molecule is CCOC(=O)/C=C/C=C/C[C@@H](OCSC)[C@@H](C)[C@H](O[Si](C)(C)C(C)(C)C)[C@H](C)CC[C@H](OC)/C(C)=C/C[C@@H](C)C[C@H](/C=C/C[C@H](O[Si](CC)(CC)CC)[C@@H](C)[C@@H](O[Si](CC)(CC)CC)[C@@H](C)CC[C@@H](OCOCc1ccc(OC)c(OC)c1)[C@H](C)[C@@H]1OC(OC)C[C@H]1C)OC. The zero-order chi connectivity index (χ0) is 71.5. The molecule has 1 unspecified atom stereocenters. The minimum atomic E-state index is -2.17. The lowest BCUT2D eigenvalue weighted by Gasteiger charge is -2.44. The smallest absolute Gasteiger partial charge is 0.330 e. The van der Waals surface area contributed by atoms with Crippen molar-refractivity contribution in [2.24, 2.45) is 41.4 Å². The molecule has 0 aliphatic carbocycles. The van der Waals surface area contributed by atoms with Gasteiger partial charge in [-0.25, -0.2) is 4.79 Å². The van der Waals surface area contributed by atoms with E-state index in [2.05, 4.69) is 161 Å². The lowest BCUT2D eigenvalue weighted by Crippen LogP contribution is -2.50. The summed E-state index contributed by atoms with van der Waals surface area (Å²) in [5.41, 5.74) is 2.24. The Morgan fingerprint density at radius 1 is 0.705 bits per heavy atom. The Labute approximate surface area is 589 Å². The first kappa shape index (κ1) is 88.9. The maximum atomic E-state index is 11.9. The van der Waals surface area contributed by atoms with Crippen molar-refractivity contribution in [3.63, 3.8) is 0 Å². The van der Waals surface area contributed by atoms with E-state index in [1.165, 1.54) is 11.6 Å². The number of rotatable bonds is 52. The van der Waals surface area contributed by atoms with E-state index in [1.807, 2.05) is 45.4 Å². The zero-order valence-electron chi connectivity index (χ0n) is 65.1. The number of allylic oxidation sites excluding steroid dienone is 3. The number of ether oxygens (including phenoxy) is 10. The van der Waals surface area contributed by atoms with Crippen LogP contribution < -0.4 is 9.47 Å². The molecule has 1 aliphatic heterocycles. The molecular formula is C77H142O14SSi3. The summed E-state index contributed by atoms with van der Waals surface area (Å²) in [6.07, 6.45) is 23.6. The van der Waals surface area contributed by atoms with Crippen molar-refractivity contribution in [1.82, 2.24) is 0 Å². The van der Waals surface area contributed by atoms with Crippen LogP contribution in [0.25, 0.3) is 0 Å². The molecule has 1 fully saturated rings. The average Bonchev–Trinajstić information content (AvgIpc) is 1.04. The van der Waals surface area contributed by atoms with Crippen molar-refractivity contribution in [3.05, 3.63) is 71.9 Å². The second-order valence-electron chi connectivity index (χ2n) is 29.2. The number of carbonyl (C=O) groups is 1. The van der Waals surface area contributed by atoms with Gasteiger partial charge in [-0.05, 0) is 173 Å². The third-order valence-electron chi connectivity index (χ3n) is 21.7. The third kappa shape index (κ3) is 29.8. The normalized spacial score (nSPS) is 20.5. The lowest BCUT2D eigenvalue weighted by atomic mass is 9.82. The highest BCUT2D eigenvalue weighted by Gasteiger charge is 2.45. The van der Waals surface area contributed by atoms with Gasteiger partial charge in [0.1, 0.15) is 6.79 Å². The molecule has 1 heterocycles. The van der Waals surface area contributed by atoms with Crippen LogP contribution in [0.15, 0.2) is 66.3 Å². The van der Waals surface area contributed by atoms with Gasteiger partial charge in [-0.15, -0.1) is 11.8 Å². The highest BCUT2D eigenvalue weighted by atomic mass is 32.2. The molecule has 2 rings (SSSR count). The molecule has 1 saturated heterocycles. The van der Waals surface area contributed by atoms with Crippen molar-refractivity contribution < 1.29 is 65.4 Å². The summed E-state index contributed by atoms with van der Waals surface area (Å²) in [6.45, 7) is 47.0. The summed E-state index contributed by atoms with van der Waals surface area (Å²) >= 11 is 1.68. The molecule has 0 spiro atoms. The number of esters is 1. The molecule has 0 saturated carbocycles. The van der Waals surface area contributed by atoms with Crippen molar-refractivity contribution in [2.75, 3.05) is 61.1 Å². The number of benzene rings is 1. The summed E-state index contributed by atoms with van der Waals surface area (Å²) in [5, 5.41) is 0.0448. The standard InChI is InChI=1S/C77H142O14SSi3/c1-27-85-72(78)41-36-34-35-39-67(87-55-92-24)62(14)75(90-93(25,26)77(16,17)18)58(10)44-47-66(80-20)57(9)43-42-56(8)50-65(79-19)38-37-40-69(89-94(28-2,29-3)30-4)63(15)76(91-95(31-5,32-6)33-7)59(11)45-48-68(61(13)74-60(12)51-73(83-23)88-74)86-54-84-53-64-46-49-70(81-21)71(52-64)82-22/h34-38,41,43,46,49,52,56,58-63,65-69,73-76H,27-33,39-40,42,44-45,47-48,50-51,53-55H2,1-26H3/b35-34+,38-37+,41-36+,57-43+/t56-,58-,59+,60-,61+,62-,63-,65+,66+,67-,68-,69+,73?,74-,75-,76+/m1/s1. The summed E-state index contributed by atoms with van der Waals surface area (Å²) in [7, 11) is 2.38. The minimum absolute atomic E-state index is 0.00644. The fraction of sp³-hybridized carbons (Fsp3) is 0.805. The van der Waals surface area contributed by atoms with Crippen LogP contribution in [-0.2, 0) is 62.6 Å². The Morgan fingerprint density at radius 2 is 1.29 bits per heavy atom. The van der Waals surface area contributed by atoms with Gasteiger partial charge in [0, 0.05) is 51.6 Å². The fourth-order valence-electron chi connectivity index (χ4n) is 13.5. The van der Waals surface area contributed by atoms with Crippen LogP contribution in [-0.4, -0.2) is 147 Å². The van der Waals surface area contributed by atoms with Gasteiger partial charge >= 0.3 is 5.97 Å². The molecule has 1 aromatic carbocycles. The van der Waals surface area contributed by atoms with Crippen molar-refractivity contribution in [2.45, 2.75) is 299 Å². The molecule has 0 N–H and O–H groups in total. The van der Waals surface area contributed by atoms with Gasteiger partial charge in [0.25, 0.3) is 0 Å². The van der Waals surface area contributed by atoms with Gasteiger partial charge in [-0.3, -0.25) is 0 Å². The van der Waals surface area contributed by atoms with Crippen molar-refractivity contribution >= 4 is 42.7 Å². The highest BCUT2D eigenvalue weighted by Crippen LogP contribution is 2.43. The largest absolute Gasteiger partial charge is 0.493 e. The molecule has 18 heteroatoms. The quantitative estimate of drug-likeness (QED) is 0.0116. The van der Waals surface area contributed by atoms with E-state index < -0.39 is 25.0 Å². The maximum Gasteiger partial charge on any atom is 0.330 e. The average molecular weight is 1410 g/mol. The zero-order valence-corrected chi connectivity index (χ0v) is 68.9. The second-order valence-corrected chi connectivity index (χ2v) is 44.2. The van der Waals surface area contributed by atoms with Crippen LogP contribution in [0.3, 0.4) is 0 Å². The fourth-order valence-corrected chi connectivity index (χ4v) is 21.3. The van der Waals surface area contributed by atoms with Crippen LogP contribution in [0, 0.1) is 41.4 Å². The van der Waals surface area contributed by atoms with Gasteiger partial charge in [0.2, 0.25) is 0 Å². The van der Waals surface area contributed by atoms with Crippen LogP contribution in [0.5, 0.6) is 11.5 Å². The van der Waals surface area contributed by atoms with E-state index >= 15 is 0 Å². The molecule has 95 heavy (non-hydrogen) atoms. The Morgan fingerprint density at radius 3 is 1.84 bits per heavy atom. The summed E-state index contributed by atoms with van der Waals surface area (Å²) in [6, 6.07) is 12.3. The summed E-state index contributed by atoms with van der Waals surface area (Å²) < 4.78 is 83.5. The first-order valence-corrected chi connectivity index (χ1v) is 46.0. The number of methoxy groups -OCH3 is 5. The molecule has 0 amide bonds. The molecule has 1 aliphatic rings. The molecule has 552 valence electrons. The monoisotopic (exact) mass is 1410 g/mol. The number of carbonyl (C=O) groups excluding carboxylic acids is 1. The topological polar surface area (TPSA) is 137 Å². The Balaban J connectivity index is 2.44. The van der Waals surface area contributed by atoms with Crippen LogP contribution >= 0.6 is 11.8 Å². The Bertz CT molecular complexity index is 2320. The number of hydrogen-bond donors (Lipinski definition) is 0. The molecule has 1 aromatic rings. The van der Waals surface area contributed by atoms with Crippen LogP contribution in [0.2, 0.25) is 54.4 Å². The van der Waals surface area contributed by atoms with E-state index in [9.17, 15) is 4.79 Å². The van der Waals surface area contributed by atoms with Gasteiger partial charge < -0.3 is 60.6 Å². The van der Waals surface area contributed by atoms with E-state index in [1.54, 1.807) is 39.2 Å². The van der Waals surface area contributed by atoms with Gasteiger partial charge in [-0.1, -0.05) is 153 Å². The van der Waals surface area contributed by atoms with E-state index in [0.29, 0.717) is 48.9 Å². The number of thioether (sulfide) groups is 1. The maximum absolute atomic E-state index is 11.9. The molecule has 0 bridgehead atoms. The summed E-state index contributed by atoms with van der Waals surface area (Å²) in [5.74, 6) is 3.12. The third-order valence-corrected chi connectivity index (χ3v) is 35.9. The first-order chi connectivity index (χ1) is 45.1. The first-order valence-electron chi connectivity index (χ1n) is 36.7. The Hall–Kier alpha value is -2.15. The lowest BCUT2D eigenvalue weighted by molar-refractivity contribution is -0.162. The van der Waals surface area contributed by atoms with Gasteiger partial charge in [0.15, 0.2) is 42.7 Å². The van der Waals surface area contributed by atoms with Gasteiger partial charge in [0.05, 0.1) is 82.2 Å². The predicted octanol–water partition coefficient (Wildman–Crippen LogP) is 20.0. The van der Waals surface area contributed by atoms with Crippen LogP contribution in [0.1, 0.15) is 188 Å². The van der Waals surface area contributed by atoms with Crippen LogP contribution in [0.4, 0.5) is 0 Å². The molecule has 16 atom stereocenters. The Kier molecular flexibility index (Phi) is 43.4. The van der Waals surface area contributed by atoms with E-state index in [0.717, 1.165) is 93.2 Å². The molecular weight excluding hydrogens is 1270 g/mol. The minimum Gasteiger partial charge on any atom is -0.493 e. The van der Waals surface area contributed by atoms with E-state index in [4.69, 9.17) is 60.6 Å².